The molecule has 1 heterocycles. The molecule has 196 valence electrons. The molecule has 0 atom stereocenters. The smallest absolute Gasteiger partial charge is 0.203 e. The van der Waals surface area contributed by atoms with Crippen LogP contribution in [0.15, 0.2) is 67.0 Å². The van der Waals surface area contributed by atoms with Crippen LogP contribution < -0.4 is 24.3 Å². The molecule has 0 amide bonds. The molecule has 4 aromatic rings. The van der Waals surface area contributed by atoms with Gasteiger partial charge in [0.1, 0.15) is 0 Å². The fourth-order valence-corrected chi connectivity index (χ4v) is 4.26. The van der Waals surface area contributed by atoms with Crippen molar-refractivity contribution in [3.8, 4) is 28.7 Å². The number of ketones is 1. The number of rotatable bonds is 10. The highest BCUT2D eigenvalue weighted by Gasteiger charge is 2.15. The first-order chi connectivity index (χ1) is 18.4. The molecule has 38 heavy (non-hydrogen) atoms. The summed E-state index contributed by atoms with van der Waals surface area (Å²) in [5.74, 6) is 1.60. The molecule has 2 N–H and O–H groups in total. The topological polar surface area (TPSA) is 91.2 Å². The zero-order chi connectivity index (χ0) is 27.2. The number of carbonyl (C=O) groups is 1. The molecule has 1 aromatic heterocycles. The standard InChI is InChI=1S/C30H30N2O6/c1-32-18-22(21-8-6-7-9-23(21)32)24(33)14-15-31-28-20(12-13-25(35-2)29(28)34)11-10-19-16-26(36-3)30(38-5)27(17-19)37-4/h6-18,31,34H,1-5H3/b11-10?,15-14-. The van der Waals surface area contributed by atoms with Crippen molar-refractivity contribution in [1.82, 2.24) is 4.57 Å². The van der Waals surface area contributed by atoms with E-state index in [-0.39, 0.29) is 11.5 Å². The van der Waals surface area contributed by atoms with E-state index < -0.39 is 0 Å². The Morgan fingerprint density at radius 2 is 1.58 bits per heavy atom. The van der Waals surface area contributed by atoms with Gasteiger partial charge in [-0.3, -0.25) is 4.79 Å². The van der Waals surface area contributed by atoms with Gasteiger partial charge in [-0.05, 0) is 35.9 Å². The van der Waals surface area contributed by atoms with E-state index in [2.05, 4.69) is 5.32 Å². The number of hydrogen-bond donors (Lipinski definition) is 2. The lowest BCUT2D eigenvalue weighted by molar-refractivity contribution is 0.104. The predicted octanol–water partition coefficient (Wildman–Crippen LogP) is 5.90. The number of benzene rings is 3. The molecule has 0 aliphatic carbocycles. The third kappa shape index (κ3) is 5.15. The molecule has 0 spiro atoms. The van der Waals surface area contributed by atoms with Crippen LogP contribution in [0.1, 0.15) is 21.5 Å². The summed E-state index contributed by atoms with van der Waals surface area (Å²) in [4.78, 5) is 13.0. The number of phenols is 1. The lowest BCUT2D eigenvalue weighted by atomic mass is 10.1. The van der Waals surface area contributed by atoms with Crippen molar-refractivity contribution in [2.45, 2.75) is 0 Å². The van der Waals surface area contributed by atoms with E-state index in [1.165, 1.54) is 19.4 Å². The Morgan fingerprint density at radius 1 is 0.895 bits per heavy atom. The van der Waals surface area contributed by atoms with Crippen molar-refractivity contribution in [3.05, 3.63) is 83.7 Å². The molecular weight excluding hydrogens is 484 g/mol. The van der Waals surface area contributed by atoms with Crippen molar-refractivity contribution < 1.29 is 28.8 Å². The maximum atomic E-state index is 13.0. The summed E-state index contributed by atoms with van der Waals surface area (Å²) in [6, 6.07) is 14.8. The minimum atomic E-state index is -0.161. The van der Waals surface area contributed by atoms with Gasteiger partial charge >= 0.3 is 0 Å². The van der Waals surface area contributed by atoms with Gasteiger partial charge in [0.2, 0.25) is 5.75 Å². The van der Waals surface area contributed by atoms with Crippen LogP contribution >= 0.6 is 0 Å². The summed E-state index contributed by atoms with van der Waals surface area (Å²) >= 11 is 0. The van der Waals surface area contributed by atoms with Gasteiger partial charge in [0.15, 0.2) is 28.8 Å². The van der Waals surface area contributed by atoms with E-state index in [4.69, 9.17) is 18.9 Å². The van der Waals surface area contributed by atoms with E-state index >= 15 is 0 Å². The lowest BCUT2D eigenvalue weighted by Crippen LogP contribution is -1.98. The van der Waals surface area contributed by atoms with E-state index in [1.54, 1.807) is 33.5 Å². The number of ether oxygens (including phenoxy) is 4. The number of methoxy groups -OCH3 is 4. The molecule has 0 radical (unpaired) electrons. The van der Waals surface area contributed by atoms with Gasteiger partial charge in [0, 0.05) is 47.6 Å². The van der Waals surface area contributed by atoms with Gasteiger partial charge in [-0.1, -0.05) is 30.4 Å². The molecule has 8 heteroatoms. The number of aromatic nitrogens is 1. The van der Waals surface area contributed by atoms with Gasteiger partial charge in [-0.2, -0.15) is 0 Å². The van der Waals surface area contributed by atoms with Crippen LogP contribution in [0.3, 0.4) is 0 Å². The molecule has 4 rings (SSSR count). The van der Waals surface area contributed by atoms with Crippen LogP contribution in [0.5, 0.6) is 28.7 Å². The van der Waals surface area contributed by atoms with Crippen LogP contribution in [0.25, 0.3) is 23.1 Å². The first-order valence-electron chi connectivity index (χ1n) is 11.8. The lowest BCUT2D eigenvalue weighted by Gasteiger charge is -2.13. The number of para-hydroxylation sites is 1. The second kappa shape index (κ2) is 11.5. The first-order valence-corrected chi connectivity index (χ1v) is 11.8. The van der Waals surface area contributed by atoms with E-state index in [0.717, 1.165) is 16.5 Å². The van der Waals surface area contributed by atoms with Crippen molar-refractivity contribution >= 4 is 34.5 Å². The Balaban J connectivity index is 1.64. The Morgan fingerprint density at radius 3 is 2.24 bits per heavy atom. The summed E-state index contributed by atoms with van der Waals surface area (Å²) < 4.78 is 23.5. The first kappa shape index (κ1) is 26.2. The number of carbonyl (C=O) groups excluding carboxylic acids is 1. The highest BCUT2D eigenvalue weighted by Crippen LogP contribution is 2.40. The van der Waals surface area contributed by atoms with Gasteiger partial charge in [0.05, 0.1) is 34.1 Å². The minimum Gasteiger partial charge on any atom is -0.503 e. The number of nitrogens with one attached hydrogen (secondary N) is 1. The number of anilines is 1. The molecular formula is C30H30N2O6. The summed E-state index contributed by atoms with van der Waals surface area (Å²) in [7, 11) is 8.04. The third-order valence-electron chi connectivity index (χ3n) is 6.16. The quantitative estimate of drug-likeness (QED) is 0.118. The summed E-state index contributed by atoms with van der Waals surface area (Å²) in [6.45, 7) is 0. The second-order valence-electron chi connectivity index (χ2n) is 8.39. The number of aryl methyl sites for hydroxylation is 1. The van der Waals surface area contributed by atoms with Crippen LogP contribution in [0, 0.1) is 0 Å². The maximum absolute atomic E-state index is 13.0. The molecule has 0 bridgehead atoms. The fraction of sp³-hybridized carbons (Fsp3) is 0.167. The number of fused-ring (bicyclic) bond motifs is 1. The number of allylic oxidation sites excluding steroid dienone is 1. The summed E-state index contributed by atoms with van der Waals surface area (Å²) in [5.41, 5.74) is 3.41. The van der Waals surface area contributed by atoms with Crippen LogP contribution in [-0.2, 0) is 7.05 Å². The Kier molecular flexibility index (Phi) is 7.91. The van der Waals surface area contributed by atoms with Crippen LogP contribution in [0.4, 0.5) is 5.69 Å². The van der Waals surface area contributed by atoms with E-state index in [1.807, 2.05) is 66.4 Å². The number of aromatic hydroxyl groups is 1. The highest BCUT2D eigenvalue weighted by molar-refractivity contribution is 6.13. The molecule has 3 aromatic carbocycles. The van der Waals surface area contributed by atoms with E-state index in [9.17, 15) is 9.90 Å². The van der Waals surface area contributed by atoms with Crippen LogP contribution in [-0.4, -0.2) is 43.9 Å². The zero-order valence-corrected chi connectivity index (χ0v) is 21.9. The molecule has 0 fully saturated rings. The Hall–Kier alpha value is -4.85. The third-order valence-corrected chi connectivity index (χ3v) is 6.16. The molecule has 0 saturated carbocycles. The Labute approximate surface area is 221 Å². The minimum absolute atomic E-state index is 0.0817. The van der Waals surface area contributed by atoms with Gasteiger partial charge in [-0.25, -0.2) is 0 Å². The van der Waals surface area contributed by atoms with Gasteiger partial charge < -0.3 is 33.9 Å². The van der Waals surface area contributed by atoms with Gasteiger partial charge in [0.25, 0.3) is 0 Å². The van der Waals surface area contributed by atoms with Crippen molar-refractivity contribution in [2.75, 3.05) is 33.8 Å². The predicted molar refractivity (Wildman–Crippen MR) is 150 cm³/mol. The highest BCUT2D eigenvalue weighted by atomic mass is 16.5. The molecule has 0 aliphatic rings. The van der Waals surface area contributed by atoms with Crippen molar-refractivity contribution in [1.29, 1.82) is 0 Å². The maximum Gasteiger partial charge on any atom is 0.203 e. The number of nitrogens with zero attached hydrogens (tertiary/aromatic N) is 1. The van der Waals surface area contributed by atoms with Crippen molar-refractivity contribution in [3.63, 3.8) is 0 Å². The molecule has 0 unspecified atom stereocenters. The number of phenolic OH excluding ortho intramolecular Hbond substituents is 1. The van der Waals surface area contributed by atoms with Crippen molar-refractivity contribution in [2.24, 2.45) is 7.05 Å². The largest absolute Gasteiger partial charge is 0.503 e. The monoisotopic (exact) mass is 514 g/mol. The normalized spacial score (nSPS) is 11.3. The van der Waals surface area contributed by atoms with Gasteiger partial charge in [-0.15, -0.1) is 0 Å². The average Bonchev–Trinajstić information content (AvgIpc) is 3.28. The summed E-state index contributed by atoms with van der Waals surface area (Å²) in [6.07, 6.45) is 8.43. The molecule has 8 nitrogen and oxygen atoms in total. The summed E-state index contributed by atoms with van der Waals surface area (Å²) in [5, 5.41) is 14.8. The fourth-order valence-electron chi connectivity index (χ4n) is 4.26. The second-order valence-corrected chi connectivity index (χ2v) is 8.39. The molecule has 0 saturated heterocycles. The SMILES string of the molecule is COc1ccc(C=Cc2cc(OC)c(OC)c(OC)c2)c(N/C=C\C(=O)c2cn(C)c3ccccc23)c1O. The van der Waals surface area contributed by atoms with E-state index in [0.29, 0.717) is 39.8 Å². The van der Waals surface area contributed by atoms with Crippen LogP contribution in [0.2, 0.25) is 0 Å². The Bertz CT molecular complexity index is 1510. The zero-order valence-electron chi connectivity index (χ0n) is 21.9. The number of hydrogen-bond acceptors (Lipinski definition) is 7. The molecule has 0 aliphatic heterocycles. The average molecular weight is 515 g/mol.